The minimum absolute atomic E-state index is 1.28. The Bertz CT molecular complexity index is 490. The fourth-order valence-corrected chi connectivity index (χ4v) is 5.66. The molecule has 0 aliphatic carbocycles. The summed E-state index contributed by atoms with van der Waals surface area (Å²) >= 11 is 0. The number of quaternary nitrogens is 2. The number of likely N-dealkylation sites (tertiary alicyclic amines) is 2. The molecule has 3 rings (SSSR count). The Morgan fingerprint density at radius 3 is 1.38 bits per heavy atom. The average molecular weight is 359 g/mol. The SMILES string of the molecule is CC[N+]1(CCCc2ccccc2CCC[N+]2(CC)CCCC2)CCCC1. The first kappa shape index (κ1) is 19.9. The number of hydrogen-bond donors (Lipinski definition) is 0. The Balaban J connectivity index is 1.49. The second kappa shape index (κ2) is 9.37. The van der Waals surface area contributed by atoms with E-state index in [9.17, 15) is 0 Å². The number of rotatable bonds is 10. The molecule has 26 heavy (non-hydrogen) atoms. The van der Waals surface area contributed by atoms with Crippen molar-refractivity contribution >= 4 is 0 Å². The third-order valence-corrected chi connectivity index (χ3v) is 7.65. The van der Waals surface area contributed by atoms with Gasteiger partial charge < -0.3 is 8.97 Å². The van der Waals surface area contributed by atoms with Gasteiger partial charge in [-0.05, 0) is 37.8 Å². The molecule has 0 unspecified atom stereocenters. The number of aryl methyl sites for hydroxylation is 2. The summed E-state index contributed by atoms with van der Waals surface area (Å²) in [6.07, 6.45) is 11.1. The van der Waals surface area contributed by atoms with E-state index in [4.69, 9.17) is 0 Å². The third-order valence-electron chi connectivity index (χ3n) is 7.65. The highest BCUT2D eigenvalue weighted by atomic mass is 15.4. The van der Waals surface area contributed by atoms with Crippen molar-refractivity contribution < 1.29 is 8.97 Å². The van der Waals surface area contributed by atoms with Crippen LogP contribution in [-0.4, -0.2) is 61.3 Å². The summed E-state index contributed by atoms with van der Waals surface area (Å²) in [5.74, 6) is 0. The molecule has 0 radical (unpaired) electrons. The third kappa shape index (κ3) is 4.89. The van der Waals surface area contributed by atoms with Gasteiger partial charge in [-0.15, -0.1) is 0 Å². The van der Waals surface area contributed by atoms with Gasteiger partial charge in [0.25, 0.3) is 0 Å². The van der Waals surface area contributed by atoms with E-state index in [0.29, 0.717) is 0 Å². The molecule has 0 N–H and O–H groups in total. The summed E-state index contributed by atoms with van der Waals surface area (Å²) in [4.78, 5) is 0. The molecule has 2 aliphatic heterocycles. The first-order valence-corrected chi connectivity index (χ1v) is 11.5. The van der Waals surface area contributed by atoms with Crippen molar-refractivity contribution in [3.05, 3.63) is 35.4 Å². The van der Waals surface area contributed by atoms with Gasteiger partial charge in [0.15, 0.2) is 0 Å². The Hall–Kier alpha value is -0.860. The van der Waals surface area contributed by atoms with Crippen molar-refractivity contribution in [1.29, 1.82) is 0 Å². The van der Waals surface area contributed by atoms with Crippen LogP contribution in [0.5, 0.6) is 0 Å². The molecule has 146 valence electrons. The lowest BCUT2D eigenvalue weighted by Gasteiger charge is -2.33. The van der Waals surface area contributed by atoms with E-state index in [1.54, 1.807) is 11.1 Å². The molecule has 1 aromatic carbocycles. The van der Waals surface area contributed by atoms with Crippen LogP contribution >= 0.6 is 0 Å². The highest BCUT2D eigenvalue weighted by Crippen LogP contribution is 2.23. The van der Waals surface area contributed by atoms with Crippen molar-refractivity contribution in [2.24, 2.45) is 0 Å². The first-order chi connectivity index (χ1) is 12.7. The molecule has 2 heteroatoms. The van der Waals surface area contributed by atoms with Crippen molar-refractivity contribution in [3.63, 3.8) is 0 Å². The van der Waals surface area contributed by atoms with Crippen LogP contribution in [0.1, 0.15) is 63.5 Å². The zero-order valence-electron chi connectivity index (χ0n) is 17.5. The molecule has 0 aromatic heterocycles. The molecule has 0 bridgehead atoms. The zero-order chi connectivity index (χ0) is 18.3. The predicted octanol–water partition coefficient (Wildman–Crippen LogP) is 4.81. The van der Waals surface area contributed by atoms with Crippen molar-refractivity contribution in [2.75, 3.05) is 52.4 Å². The molecule has 0 atom stereocenters. The van der Waals surface area contributed by atoms with Crippen LogP contribution in [0.4, 0.5) is 0 Å². The van der Waals surface area contributed by atoms with Gasteiger partial charge in [0.1, 0.15) is 0 Å². The second-order valence-electron chi connectivity index (χ2n) is 9.05. The summed E-state index contributed by atoms with van der Waals surface area (Å²) in [6.45, 7) is 15.9. The van der Waals surface area contributed by atoms with Gasteiger partial charge in [-0.25, -0.2) is 0 Å². The van der Waals surface area contributed by atoms with Crippen LogP contribution in [0.2, 0.25) is 0 Å². The van der Waals surface area contributed by atoms with Crippen molar-refractivity contribution in [3.8, 4) is 0 Å². The molecule has 2 heterocycles. The molecule has 2 saturated heterocycles. The minimum atomic E-state index is 1.28. The Kier molecular flexibility index (Phi) is 7.17. The van der Waals surface area contributed by atoms with Gasteiger partial charge >= 0.3 is 0 Å². The van der Waals surface area contributed by atoms with Crippen LogP contribution < -0.4 is 0 Å². The van der Waals surface area contributed by atoms with Crippen molar-refractivity contribution in [1.82, 2.24) is 0 Å². The second-order valence-corrected chi connectivity index (χ2v) is 9.05. The van der Waals surface area contributed by atoms with E-state index < -0.39 is 0 Å². The minimum Gasteiger partial charge on any atom is -0.324 e. The molecule has 0 amide bonds. The Morgan fingerprint density at radius 2 is 1.04 bits per heavy atom. The van der Waals surface area contributed by atoms with E-state index >= 15 is 0 Å². The summed E-state index contributed by atoms with van der Waals surface area (Å²) in [5.41, 5.74) is 3.26. The first-order valence-electron chi connectivity index (χ1n) is 11.5. The lowest BCUT2D eigenvalue weighted by atomic mass is 9.98. The maximum Gasteiger partial charge on any atom is 0.0789 e. The molecule has 2 fully saturated rings. The molecular formula is C24H42N2+2. The lowest BCUT2D eigenvalue weighted by molar-refractivity contribution is -0.915. The quantitative estimate of drug-likeness (QED) is 0.526. The zero-order valence-corrected chi connectivity index (χ0v) is 17.5. The van der Waals surface area contributed by atoms with Gasteiger partial charge in [0, 0.05) is 38.5 Å². The number of hydrogen-bond acceptors (Lipinski definition) is 0. The van der Waals surface area contributed by atoms with Crippen LogP contribution in [0.25, 0.3) is 0 Å². The van der Waals surface area contributed by atoms with Gasteiger partial charge in [-0.3, -0.25) is 0 Å². The maximum absolute atomic E-state index is 2.40. The van der Waals surface area contributed by atoms with Gasteiger partial charge in [0.2, 0.25) is 0 Å². The molecule has 2 aliphatic rings. The number of nitrogens with zero attached hydrogens (tertiary/aromatic N) is 2. The molecular weight excluding hydrogens is 316 g/mol. The summed E-state index contributed by atoms with van der Waals surface area (Å²) in [6, 6.07) is 9.30. The summed E-state index contributed by atoms with van der Waals surface area (Å²) in [5, 5.41) is 0. The normalized spacial score (nSPS) is 21.3. The van der Waals surface area contributed by atoms with Gasteiger partial charge in [0.05, 0.1) is 52.4 Å². The lowest BCUT2D eigenvalue weighted by Crippen LogP contribution is -2.46. The smallest absolute Gasteiger partial charge is 0.0789 e. The monoisotopic (exact) mass is 358 g/mol. The van der Waals surface area contributed by atoms with Gasteiger partial charge in [-0.1, -0.05) is 24.3 Å². The highest BCUT2D eigenvalue weighted by Gasteiger charge is 2.30. The van der Waals surface area contributed by atoms with E-state index in [1.165, 1.54) is 113 Å². The maximum atomic E-state index is 2.40. The Morgan fingerprint density at radius 1 is 0.654 bits per heavy atom. The fraction of sp³-hybridized carbons (Fsp3) is 0.750. The van der Waals surface area contributed by atoms with Crippen LogP contribution in [0, 0.1) is 0 Å². The highest BCUT2D eigenvalue weighted by molar-refractivity contribution is 5.27. The van der Waals surface area contributed by atoms with Crippen LogP contribution in [-0.2, 0) is 12.8 Å². The fourth-order valence-electron chi connectivity index (χ4n) is 5.66. The number of benzene rings is 1. The average Bonchev–Trinajstić information content (AvgIpc) is 3.34. The standard InChI is InChI=1S/C24H42N2/c1-3-25(17-7-8-18-25)21-11-15-23-13-5-6-14-24(23)16-12-22-26(4-2)19-9-10-20-26/h5-6,13-14H,3-4,7-12,15-22H2,1-2H3/q+2. The molecule has 1 aromatic rings. The van der Waals surface area contributed by atoms with Crippen LogP contribution in [0.3, 0.4) is 0 Å². The van der Waals surface area contributed by atoms with Crippen molar-refractivity contribution in [2.45, 2.75) is 65.2 Å². The van der Waals surface area contributed by atoms with E-state index in [1.807, 2.05) is 0 Å². The van der Waals surface area contributed by atoms with E-state index in [-0.39, 0.29) is 0 Å². The topological polar surface area (TPSA) is 0 Å². The molecule has 2 nitrogen and oxygen atoms in total. The van der Waals surface area contributed by atoms with E-state index in [2.05, 4.69) is 38.1 Å². The van der Waals surface area contributed by atoms with E-state index in [0.717, 1.165) is 0 Å². The Labute approximate surface area is 162 Å². The van der Waals surface area contributed by atoms with Gasteiger partial charge in [-0.2, -0.15) is 0 Å². The van der Waals surface area contributed by atoms with Crippen LogP contribution in [0.15, 0.2) is 24.3 Å². The summed E-state index contributed by atoms with van der Waals surface area (Å²) < 4.78 is 2.78. The molecule has 0 spiro atoms. The predicted molar refractivity (Wildman–Crippen MR) is 112 cm³/mol. The molecule has 0 saturated carbocycles. The summed E-state index contributed by atoms with van der Waals surface area (Å²) in [7, 11) is 0. The largest absolute Gasteiger partial charge is 0.324 e.